The first-order valence-corrected chi connectivity index (χ1v) is 8.97. The van der Waals surface area contributed by atoms with Crippen molar-refractivity contribution in [3.05, 3.63) is 18.5 Å². The number of hydrogen-bond donors (Lipinski definition) is 0. The van der Waals surface area contributed by atoms with Crippen LogP contribution < -0.4 is 4.90 Å². The van der Waals surface area contributed by atoms with Crippen molar-refractivity contribution in [2.75, 3.05) is 63.8 Å². The van der Waals surface area contributed by atoms with Crippen molar-refractivity contribution < 1.29 is 9.59 Å². The Labute approximate surface area is 148 Å². The molecule has 0 bridgehead atoms. The lowest BCUT2D eigenvalue weighted by atomic mass is 10.2. The lowest BCUT2D eigenvalue weighted by Gasteiger charge is -2.36. The highest BCUT2D eigenvalue weighted by atomic mass is 16.2. The summed E-state index contributed by atoms with van der Waals surface area (Å²) < 4.78 is 0. The van der Waals surface area contributed by atoms with Crippen molar-refractivity contribution in [1.29, 1.82) is 0 Å². The van der Waals surface area contributed by atoms with Gasteiger partial charge < -0.3 is 19.6 Å². The van der Waals surface area contributed by atoms with E-state index in [9.17, 15) is 9.59 Å². The molecule has 2 fully saturated rings. The van der Waals surface area contributed by atoms with Gasteiger partial charge in [-0.25, -0.2) is 9.97 Å². The molecule has 2 aliphatic rings. The van der Waals surface area contributed by atoms with Crippen LogP contribution in [-0.4, -0.2) is 95.4 Å². The number of rotatable bonds is 4. The van der Waals surface area contributed by atoms with Gasteiger partial charge in [0.1, 0.15) is 6.42 Å². The van der Waals surface area contributed by atoms with E-state index in [2.05, 4.69) is 26.7 Å². The highest BCUT2D eigenvalue weighted by Crippen LogP contribution is 2.11. The monoisotopic (exact) mass is 346 g/mol. The van der Waals surface area contributed by atoms with Crippen LogP contribution in [0.15, 0.2) is 18.5 Å². The zero-order valence-electron chi connectivity index (χ0n) is 14.8. The van der Waals surface area contributed by atoms with E-state index in [0.717, 1.165) is 32.7 Å². The molecule has 0 aliphatic carbocycles. The number of piperazine rings is 2. The average Bonchev–Trinajstić information content (AvgIpc) is 2.68. The summed E-state index contributed by atoms with van der Waals surface area (Å²) in [6.45, 7) is 8.97. The minimum Gasteiger partial charge on any atom is -0.340 e. The van der Waals surface area contributed by atoms with E-state index in [4.69, 9.17) is 0 Å². The Balaban J connectivity index is 1.44. The van der Waals surface area contributed by atoms with Crippen LogP contribution in [0.4, 0.5) is 5.95 Å². The standard InChI is InChI=1S/C17H26N6O2/c1-2-20-6-8-21(9-7-20)15(24)14-16(25)22-10-12-23(13-11-22)17-18-4-3-5-19-17/h3-5H,2,6-14H2,1H3. The maximum atomic E-state index is 12.4. The molecule has 2 saturated heterocycles. The molecule has 25 heavy (non-hydrogen) atoms. The Morgan fingerprint density at radius 2 is 1.40 bits per heavy atom. The molecule has 1 aromatic heterocycles. The number of anilines is 1. The molecule has 3 rings (SSSR count). The van der Waals surface area contributed by atoms with Crippen LogP contribution in [-0.2, 0) is 9.59 Å². The third kappa shape index (κ3) is 4.45. The fourth-order valence-corrected chi connectivity index (χ4v) is 3.28. The molecule has 0 atom stereocenters. The Hall–Kier alpha value is -2.22. The maximum Gasteiger partial charge on any atom is 0.232 e. The van der Waals surface area contributed by atoms with Gasteiger partial charge in [-0.15, -0.1) is 0 Å². The predicted molar refractivity (Wildman–Crippen MR) is 94.1 cm³/mol. The second-order valence-corrected chi connectivity index (χ2v) is 6.41. The molecule has 2 amide bonds. The normalized spacial score (nSPS) is 19.2. The van der Waals surface area contributed by atoms with Crippen molar-refractivity contribution in [2.24, 2.45) is 0 Å². The van der Waals surface area contributed by atoms with Crippen molar-refractivity contribution in [3.63, 3.8) is 0 Å². The Morgan fingerprint density at radius 3 is 1.92 bits per heavy atom. The molecule has 0 radical (unpaired) electrons. The van der Waals surface area contributed by atoms with Crippen molar-refractivity contribution in [1.82, 2.24) is 24.7 Å². The largest absolute Gasteiger partial charge is 0.340 e. The highest BCUT2D eigenvalue weighted by Gasteiger charge is 2.27. The number of amides is 2. The maximum absolute atomic E-state index is 12.4. The number of hydrogen-bond acceptors (Lipinski definition) is 6. The van der Waals surface area contributed by atoms with E-state index >= 15 is 0 Å². The molecule has 8 heteroatoms. The van der Waals surface area contributed by atoms with Gasteiger partial charge >= 0.3 is 0 Å². The van der Waals surface area contributed by atoms with Crippen LogP contribution in [0.3, 0.4) is 0 Å². The molecule has 2 aliphatic heterocycles. The van der Waals surface area contributed by atoms with Gasteiger partial charge in [0.2, 0.25) is 17.8 Å². The van der Waals surface area contributed by atoms with Gasteiger partial charge in [-0.2, -0.15) is 0 Å². The zero-order chi connectivity index (χ0) is 17.6. The lowest BCUT2D eigenvalue weighted by molar-refractivity contribution is -0.141. The molecule has 136 valence electrons. The summed E-state index contributed by atoms with van der Waals surface area (Å²) in [5, 5.41) is 0. The number of carbonyl (C=O) groups excluding carboxylic acids is 2. The van der Waals surface area contributed by atoms with Crippen molar-refractivity contribution in [3.8, 4) is 0 Å². The molecule has 0 spiro atoms. The van der Waals surface area contributed by atoms with E-state index in [0.29, 0.717) is 32.1 Å². The summed E-state index contributed by atoms with van der Waals surface area (Å²) in [7, 11) is 0. The molecular weight excluding hydrogens is 320 g/mol. The van der Waals surface area contributed by atoms with Gasteiger partial charge in [0.25, 0.3) is 0 Å². The molecule has 0 aromatic carbocycles. The first kappa shape index (κ1) is 17.6. The summed E-state index contributed by atoms with van der Waals surface area (Å²) in [5.74, 6) is 0.575. The zero-order valence-corrected chi connectivity index (χ0v) is 14.8. The van der Waals surface area contributed by atoms with E-state index in [1.807, 2.05) is 4.90 Å². The molecule has 8 nitrogen and oxygen atoms in total. The van der Waals surface area contributed by atoms with Crippen LogP contribution in [0.2, 0.25) is 0 Å². The lowest BCUT2D eigenvalue weighted by Crippen LogP contribution is -2.52. The van der Waals surface area contributed by atoms with Gasteiger partial charge in [0.05, 0.1) is 0 Å². The van der Waals surface area contributed by atoms with E-state index < -0.39 is 0 Å². The topological polar surface area (TPSA) is 72.9 Å². The third-order valence-electron chi connectivity index (χ3n) is 4.94. The number of likely N-dealkylation sites (N-methyl/N-ethyl adjacent to an activating group) is 1. The fraction of sp³-hybridized carbons (Fsp3) is 0.647. The van der Waals surface area contributed by atoms with Crippen LogP contribution in [0.5, 0.6) is 0 Å². The van der Waals surface area contributed by atoms with E-state index in [1.165, 1.54) is 0 Å². The summed E-state index contributed by atoms with van der Waals surface area (Å²) in [6.07, 6.45) is 3.42. The Bertz CT molecular complexity index is 580. The van der Waals surface area contributed by atoms with Crippen molar-refractivity contribution in [2.45, 2.75) is 13.3 Å². The molecule has 1 aromatic rings. The second-order valence-electron chi connectivity index (χ2n) is 6.41. The molecular formula is C17H26N6O2. The predicted octanol–water partition coefficient (Wildman–Crippen LogP) is -0.321. The van der Waals surface area contributed by atoms with Crippen LogP contribution in [0.1, 0.15) is 13.3 Å². The highest BCUT2D eigenvalue weighted by molar-refractivity contribution is 5.97. The van der Waals surface area contributed by atoms with Gasteiger partial charge in [-0.3, -0.25) is 9.59 Å². The number of nitrogens with zero attached hydrogens (tertiary/aromatic N) is 6. The Morgan fingerprint density at radius 1 is 0.880 bits per heavy atom. The summed E-state index contributed by atoms with van der Waals surface area (Å²) in [4.78, 5) is 41.3. The SMILES string of the molecule is CCN1CCN(C(=O)CC(=O)N2CCN(c3ncccn3)CC2)CC1. The number of carbonyl (C=O) groups is 2. The van der Waals surface area contributed by atoms with Crippen molar-refractivity contribution >= 4 is 17.8 Å². The molecule has 3 heterocycles. The molecule has 0 saturated carbocycles. The Kier molecular flexibility index (Phi) is 5.80. The summed E-state index contributed by atoms with van der Waals surface area (Å²) in [6, 6.07) is 1.79. The van der Waals surface area contributed by atoms with E-state index in [1.54, 1.807) is 23.4 Å². The van der Waals surface area contributed by atoms with Crippen LogP contribution in [0.25, 0.3) is 0 Å². The fourth-order valence-electron chi connectivity index (χ4n) is 3.28. The van der Waals surface area contributed by atoms with Gasteiger partial charge in [0.15, 0.2) is 0 Å². The second kappa shape index (κ2) is 8.24. The smallest absolute Gasteiger partial charge is 0.232 e. The van der Waals surface area contributed by atoms with Gasteiger partial charge in [-0.1, -0.05) is 6.92 Å². The van der Waals surface area contributed by atoms with Crippen LogP contribution >= 0.6 is 0 Å². The summed E-state index contributed by atoms with van der Waals surface area (Å²) in [5.41, 5.74) is 0. The first-order valence-electron chi connectivity index (χ1n) is 8.97. The van der Waals surface area contributed by atoms with Gasteiger partial charge in [-0.05, 0) is 12.6 Å². The van der Waals surface area contributed by atoms with E-state index in [-0.39, 0.29) is 18.2 Å². The minimum atomic E-state index is -0.0726. The van der Waals surface area contributed by atoms with Gasteiger partial charge in [0, 0.05) is 64.8 Å². The summed E-state index contributed by atoms with van der Waals surface area (Å²) >= 11 is 0. The molecule has 0 N–H and O–H groups in total. The van der Waals surface area contributed by atoms with Crippen LogP contribution in [0, 0.1) is 0 Å². The quantitative estimate of drug-likeness (QED) is 0.696. The minimum absolute atomic E-state index is 0.0199. The average molecular weight is 346 g/mol. The number of aromatic nitrogens is 2. The third-order valence-corrected chi connectivity index (χ3v) is 4.94. The first-order chi connectivity index (χ1) is 12.2. The molecule has 0 unspecified atom stereocenters.